The monoisotopic (exact) mass is 461 g/mol. The van der Waals surface area contributed by atoms with Crippen molar-refractivity contribution < 1.29 is 29.2 Å². The van der Waals surface area contributed by atoms with Gasteiger partial charge in [-0.3, -0.25) is 9.59 Å². The number of H-pyrrole nitrogens is 2. The van der Waals surface area contributed by atoms with Crippen LogP contribution >= 0.6 is 0 Å². The van der Waals surface area contributed by atoms with Crippen LogP contribution in [0.4, 0.5) is 0 Å². The molecule has 2 aromatic heterocycles. The molecule has 0 aliphatic carbocycles. The van der Waals surface area contributed by atoms with E-state index in [1.54, 1.807) is 30.3 Å². The van der Waals surface area contributed by atoms with Crippen LogP contribution in [-0.2, 0) is 9.59 Å². The summed E-state index contributed by atoms with van der Waals surface area (Å²) in [5, 5.41) is 11.5. The first kappa shape index (κ1) is 23.9. The van der Waals surface area contributed by atoms with Crippen LogP contribution in [0.3, 0.4) is 0 Å². The molecule has 1 atom stereocenters. The van der Waals surface area contributed by atoms with Crippen molar-refractivity contribution in [3.8, 4) is 17.1 Å². The smallest absolute Gasteiger partial charge is 0.252 e. The number of aliphatic carboxylic acids is 1. The number of benzene rings is 2. The van der Waals surface area contributed by atoms with Gasteiger partial charge in [-0.25, -0.2) is 9.97 Å². The van der Waals surface area contributed by atoms with Gasteiger partial charge in [-0.15, -0.1) is 0 Å². The number of carboxylic acid groups (broad SMARTS) is 1. The second-order valence-corrected chi connectivity index (χ2v) is 7.15. The maximum absolute atomic E-state index is 12.7. The third kappa shape index (κ3) is 6.63. The van der Waals surface area contributed by atoms with E-state index in [4.69, 9.17) is 20.4 Å². The lowest BCUT2D eigenvalue weighted by Crippen LogP contribution is -2.48. The molecule has 4 aromatic rings. The zero-order valence-electron chi connectivity index (χ0n) is 18.3. The summed E-state index contributed by atoms with van der Waals surface area (Å²) < 4.78 is 5.55. The number of ether oxygens (including phenoxy) is 1. The Morgan fingerprint density at radius 3 is 2.44 bits per heavy atom. The van der Waals surface area contributed by atoms with Gasteiger partial charge in [-0.1, -0.05) is 18.2 Å². The predicted octanol–water partition coefficient (Wildman–Crippen LogP) is 0.463. The number of aromatic nitrogens is 3. The highest BCUT2D eigenvalue weighted by molar-refractivity contribution is 6.00. The number of fused-ring (bicyclic) bond motifs is 1. The summed E-state index contributed by atoms with van der Waals surface area (Å²) in [4.78, 5) is 44.1. The standard InChI is InChI=1S/C22H19N5O3.C2H4O2/c23-20(28)19(13-30-16-4-2-1-3-5-16)27-22(29)15-6-7-17-18(12-15)26-21(25-17)14-8-10-24-11-9-14;1-2(3)4/h1-12,19H,13H2,(H2,23,28)(H,25,26)(H,27,29);1H3,(H,3,4)/t19-;/m0./s1. The molecule has 2 amide bonds. The number of nitrogens with two attached hydrogens (primary N) is 1. The van der Waals surface area contributed by atoms with Crippen LogP contribution in [0.1, 0.15) is 17.3 Å². The molecule has 34 heavy (non-hydrogen) atoms. The predicted molar refractivity (Wildman–Crippen MR) is 121 cm³/mol. The highest BCUT2D eigenvalue weighted by atomic mass is 16.5. The summed E-state index contributed by atoms with van der Waals surface area (Å²) in [6, 6.07) is 16.9. The number of hydrogen-bond donors (Lipinski definition) is 3. The fourth-order valence-electron chi connectivity index (χ4n) is 2.97. The number of primary amides is 1. The molecule has 0 saturated carbocycles. The summed E-state index contributed by atoms with van der Waals surface area (Å²) >= 11 is 0. The number of rotatable bonds is 7. The van der Waals surface area contributed by atoms with E-state index in [1.165, 1.54) is 0 Å². The van der Waals surface area contributed by atoms with Crippen LogP contribution in [-0.4, -0.2) is 40.4 Å². The van der Waals surface area contributed by atoms with E-state index in [1.807, 2.05) is 42.7 Å². The fourth-order valence-corrected chi connectivity index (χ4v) is 2.97. The molecule has 0 spiro atoms. The van der Waals surface area contributed by atoms with Crippen molar-refractivity contribution >= 4 is 28.8 Å². The Morgan fingerprint density at radius 1 is 1.12 bits per heavy atom. The van der Waals surface area contributed by atoms with Gasteiger partial charge in [0.2, 0.25) is 5.91 Å². The molecule has 2 aromatic carbocycles. The first-order valence-corrected chi connectivity index (χ1v) is 10.3. The molecule has 0 aliphatic rings. The van der Waals surface area contributed by atoms with Crippen LogP contribution in [0.5, 0.6) is 5.75 Å². The molecule has 5 N–H and O–H groups in total. The first-order valence-electron chi connectivity index (χ1n) is 10.3. The van der Waals surface area contributed by atoms with Crippen molar-refractivity contribution in [2.45, 2.75) is 13.0 Å². The Labute approximate surface area is 194 Å². The van der Waals surface area contributed by atoms with Crippen LogP contribution in [0.15, 0.2) is 73.1 Å². The number of carbonyl (C=O) groups is 3. The topological polar surface area (TPSA) is 164 Å². The van der Waals surface area contributed by atoms with Crippen LogP contribution < -0.4 is 25.9 Å². The number of imidazole rings is 1. The Morgan fingerprint density at radius 2 is 1.79 bits per heavy atom. The zero-order valence-corrected chi connectivity index (χ0v) is 18.3. The van der Waals surface area contributed by atoms with E-state index in [2.05, 4.69) is 20.3 Å². The molecular weight excluding hydrogens is 438 g/mol. The average molecular weight is 461 g/mol. The van der Waals surface area contributed by atoms with Crippen molar-refractivity contribution in [2.75, 3.05) is 6.61 Å². The minimum Gasteiger partial charge on any atom is -0.550 e. The zero-order chi connectivity index (χ0) is 24.5. The number of nitrogens with one attached hydrogen (secondary N) is 3. The van der Waals surface area contributed by atoms with Gasteiger partial charge >= 0.3 is 0 Å². The van der Waals surface area contributed by atoms with E-state index in [0.29, 0.717) is 22.7 Å². The summed E-state index contributed by atoms with van der Waals surface area (Å²) in [5.41, 5.74) is 8.17. The molecule has 0 fully saturated rings. The maximum atomic E-state index is 12.7. The second kappa shape index (κ2) is 11.2. The largest absolute Gasteiger partial charge is 0.550 e. The van der Waals surface area contributed by atoms with E-state index in [9.17, 15) is 9.59 Å². The lowest BCUT2D eigenvalue weighted by Gasteiger charge is -2.16. The fraction of sp³-hybridized carbons (Fsp3) is 0.125. The molecule has 10 nitrogen and oxygen atoms in total. The summed E-state index contributed by atoms with van der Waals surface area (Å²) in [6.07, 6.45) is 3.62. The van der Waals surface area contributed by atoms with Gasteiger partial charge in [-0.05, 0) is 37.3 Å². The van der Waals surface area contributed by atoms with Gasteiger partial charge < -0.3 is 30.7 Å². The molecule has 2 heterocycles. The molecule has 174 valence electrons. The minimum atomic E-state index is -1.08. The molecule has 0 unspecified atom stereocenters. The third-order valence-corrected chi connectivity index (χ3v) is 4.54. The minimum absolute atomic E-state index is 0.0629. The van der Waals surface area contributed by atoms with Crippen LogP contribution in [0.25, 0.3) is 22.4 Å². The quantitative estimate of drug-likeness (QED) is 0.362. The van der Waals surface area contributed by atoms with Crippen molar-refractivity contribution in [1.29, 1.82) is 0 Å². The third-order valence-electron chi connectivity index (χ3n) is 4.54. The van der Waals surface area contributed by atoms with E-state index < -0.39 is 23.8 Å². The first-order chi connectivity index (χ1) is 16.3. The van der Waals surface area contributed by atoms with E-state index in [-0.39, 0.29) is 6.61 Å². The maximum Gasteiger partial charge on any atom is 0.252 e. The van der Waals surface area contributed by atoms with Crippen LogP contribution in [0.2, 0.25) is 0 Å². The number of carbonyl (C=O) groups excluding carboxylic acids is 3. The van der Waals surface area contributed by atoms with Crippen LogP contribution in [0, 0.1) is 0 Å². The molecule has 4 rings (SSSR count). The molecule has 0 saturated heterocycles. The Balaban J connectivity index is 0.000000751. The lowest BCUT2D eigenvalue weighted by molar-refractivity contribution is -0.377. The van der Waals surface area contributed by atoms with Gasteiger partial charge in [0.05, 0.1) is 11.0 Å². The molecule has 10 heteroatoms. The summed E-state index contributed by atoms with van der Waals surface area (Å²) in [5.74, 6) is -0.904. The number of para-hydroxylation sites is 1. The normalized spacial score (nSPS) is 11.1. The van der Waals surface area contributed by atoms with Gasteiger partial charge in [-0.2, -0.15) is 0 Å². The Hall–Kier alpha value is -4.73. The number of pyridine rings is 1. The van der Waals surface area contributed by atoms with E-state index in [0.717, 1.165) is 18.0 Å². The highest BCUT2D eigenvalue weighted by Crippen LogP contribution is 2.20. The molecule has 0 radical (unpaired) electrons. The number of carboxylic acids is 1. The van der Waals surface area contributed by atoms with Gasteiger partial charge in [0.25, 0.3) is 5.91 Å². The number of hydrogen-bond acceptors (Lipinski definition) is 6. The SMILES string of the molecule is CC(=O)[O-].NC(=O)[C@H](COc1ccccc1)NC(=O)c1ccc2nc(-c3cc[nH+]cc3)[nH]c2c1. The van der Waals surface area contributed by atoms with Crippen molar-refractivity contribution in [3.05, 3.63) is 78.6 Å². The Bertz CT molecular complexity index is 1270. The van der Waals surface area contributed by atoms with Gasteiger partial charge in [0.15, 0.2) is 12.4 Å². The second-order valence-electron chi connectivity index (χ2n) is 7.15. The molecular formula is C24H23N5O5. The number of amides is 2. The molecule has 0 bridgehead atoms. The molecule has 0 aliphatic heterocycles. The van der Waals surface area contributed by atoms with E-state index >= 15 is 0 Å². The summed E-state index contributed by atoms with van der Waals surface area (Å²) in [6.45, 7) is 0.909. The highest BCUT2D eigenvalue weighted by Gasteiger charge is 2.20. The number of nitrogens with zero attached hydrogens (tertiary/aromatic N) is 1. The van der Waals surface area contributed by atoms with Crippen molar-refractivity contribution in [1.82, 2.24) is 15.3 Å². The van der Waals surface area contributed by atoms with Gasteiger partial charge in [0.1, 0.15) is 24.2 Å². The van der Waals surface area contributed by atoms with Crippen molar-refractivity contribution in [2.24, 2.45) is 5.73 Å². The lowest BCUT2D eigenvalue weighted by atomic mass is 10.1. The number of aromatic amines is 2. The Kier molecular flexibility index (Phi) is 7.90. The summed E-state index contributed by atoms with van der Waals surface area (Å²) in [7, 11) is 0. The average Bonchev–Trinajstić information content (AvgIpc) is 3.26. The van der Waals surface area contributed by atoms with Crippen molar-refractivity contribution in [3.63, 3.8) is 0 Å². The van der Waals surface area contributed by atoms with Gasteiger partial charge in [0, 0.05) is 29.2 Å².